The largest absolute Gasteiger partial charge is 0.307 e. The van der Waals surface area contributed by atoms with Crippen LogP contribution < -0.4 is 5.32 Å². The third-order valence-electron chi connectivity index (χ3n) is 3.07. The maximum absolute atomic E-state index is 8.75. The monoisotopic (exact) mass is 240 g/mol. The van der Waals surface area contributed by atoms with E-state index in [1.165, 1.54) is 0 Å². The number of nitrogens with zero attached hydrogens (tertiary/aromatic N) is 5. The molecule has 0 aliphatic carbocycles. The molecule has 18 heavy (non-hydrogen) atoms. The van der Waals surface area contributed by atoms with E-state index in [4.69, 9.17) is 5.26 Å². The fourth-order valence-electron chi connectivity index (χ4n) is 2.12. The Morgan fingerprint density at radius 3 is 3.06 bits per heavy atom. The predicted molar refractivity (Wildman–Crippen MR) is 64.4 cm³/mol. The Morgan fingerprint density at radius 2 is 2.33 bits per heavy atom. The molecule has 0 amide bonds. The smallest absolute Gasteiger partial charge is 0.182 e. The number of nitriles is 1. The molecule has 0 radical (unpaired) electrons. The van der Waals surface area contributed by atoms with Gasteiger partial charge in [0.1, 0.15) is 17.6 Å². The predicted octanol–water partition coefficient (Wildman–Crippen LogP) is 0.876. The molecule has 3 rings (SSSR count). The molecular weight excluding hydrogens is 228 g/mol. The maximum Gasteiger partial charge on any atom is 0.182 e. The van der Waals surface area contributed by atoms with E-state index in [2.05, 4.69) is 38.1 Å². The summed E-state index contributed by atoms with van der Waals surface area (Å²) < 4.78 is 2.08. The Bertz CT molecular complexity index is 606. The molecule has 6 heteroatoms. The Kier molecular flexibility index (Phi) is 2.54. The second-order valence-corrected chi connectivity index (χ2v) is 4.25. The van der Waals surface area contributed by atoms with Crippen LogP contribution in [0, 0.1) is 11.3 Å². The molecule has 0 spiro atoms. The molecule has 2 aromatic heterocycles. The van der Waals surface area contributed by atoms with Gasteiger partial charge >= 0.3 is 0 Å². The van der Waals surface area contributed by atoms with Crippen LogP contribution >= 0.6 is 0 Å². The number of nitrogens with one attached hydrogen (secondary N) is 1. The summed E-state index contributed by atoms with van der Waals surface area (Å²) in [7, 11) is 0. The van der Waals surface area contributed by atoms with Gasteiger partial charge in [0.05, 0.1) is 11.6 Å². The second kappa shape index (κ2) is 4.20. The van der Waals surface area contributed by atoms with Crippen molar-refractivity contribution in [1.29, 1.82) is 5.26 Å². The van der Waals surface area contributed by atoms with Gasteiger partial charge in [-0.25, -0.2) is 0 Å². The first-order valence-electron chi connectivity index (χ1n) is 5.82. The zero-order valence-corrected chi connectivity index (χ0v) is 9.96. The Hall–Kier alpha value is -2.26. The van der Waals surface area contributed by atoms with Crippen LogP contribution in [0.15, 0.2) is 18.3 Å². The molecule has 0 saturated carbocycles. The van der Waals surface area contributed by atoms with Gasteiger partial charge in [0, 0.05) is 19.3 Å². The summed E-state index contributed by atoms with van der Waals surface area (Å²) in [5.41, 5.74) is 1.30. The summed E-state index contributed by atoms with van der Waals surface area (Å²) in [6.45, 7) is 3.80. The van der Waals surface area contributed by atoms with Crippen LogP contribution in [0.25, 0.3) is 11.5 Å². The summed E-state index contributed by atoms with van der Waals surface area (Å²) in [5, 5.41) is 20.5. The van der Waals surface area contributed by atoms with Crippen LogP contribution in [0.2, 0.25) is 0 Å². The first kappa shape index (κ1) is 10.9. The van der Waals surface area contributed by atoms with Gasteiger partial charge in [-0.15, -0.1) is 10.2 Å². The number of pyridine rings is 1. The number of aromatic nitrogens is 4. The lowest BCUT2D eigenvalue weighted by atomic mass is 10.2. The van der Waals surface area contributed by atoms with Crippen molar-refractivity contribution >= 4 is 0 Å². The molecule has 0 aromatic carbocycles. The number of fused-ring (bicyclic) bond motifs is 1. The van der Waals surface area contributed by atoms with Gasteiger partial charge in [-0.2, -0.15) is 5.26 Å². The fourth-order valence-corrected chi connectivity index (χ4v) is 2.12. The Balaban J connectivity index is 2.04. The fraction of sp³-hybridized carbons (Fsp3) is 0.333. The van der Waals surface area contributed by atoms with Crippen LogP contribution in [0.3, 0.4) is 0 Å². The van der Waals surface area contributed by atoms with Crippen LogP contribution in [-0.4, -0.2) is 26.3 Å². The highest BCUT2D eigenvalue weighted by molar-refractivity contribution is 5.51. The molecule has 1 atom stereocenters. The highest BCUT2D eigenvalue weighted by Crippen LogP contribution is 2.21. The van der Waals surface area contributed by atoms with Crippen molar-refractivity contribution < 1.29 is 0 Å². The van der Waals surface area contributed by atoms with Crippen LogP contribution in [0.1, 0.15) is 24.4 Å². The zero-order chi connectivity index (χ0) is 12.5. The van der Waals surface area contributed by atoms with Gasteiger partial charge in [0.15, 0.2) is 5.82 Å². The molecule has 6 nitrogen and oxygen atoms in total. The number of hydrogen-bond donors (Lipinski definition) is 1. The SMILES string of the molecule is CC1NCCn2c(-c3ccc(C#N)cn3)nnc21. The molecule has 2 aromatic rings. The van der Waals surface area contributed by atoms with E-state index in [0.29, 0.717) is 5.56 Å². The zero-order valence-electron chi connectivity index (χ0n) is 9.96. The molecular formula is C12H12N6. The highest BCUT2D eigenvalue weighted by Gasteiger charge is 2.22. The van der Waals surface area contributed by atoms with Crippen molar-refractivity contribution in [3.05, 3.63) is 29.7 Å². The number of rotatable bonds is 1. The maximum atomic E-state index is 8.75. The van der Waals surface area contributed by atoms with Crippen molar-refractivity contribution in [1.82, 2.24) is 25.1 Å². The number of hydrogen-bond acceptors (Lipinski definition) is 5. The quantitative estimate of drug-likeness (QED) is 0.800. The van der Waals surface area contributed by atoms with Crippen LogP contribution in [-0.2, 0) is 6.54 Å². The highest BCUT2D eigenvalue weighted by atomic mass is 15.3. The summed E-state index contributed by atoms with van der Waals surface area (Å²) >= 11 is 0. The lowest BCUT2D eigenvalue weighted by molar-refractivity contribution is 0.438. The van der Waals surface area contributed by atoms with Crippen molar-refractivity contribution in [2.24, 2.45) is 0 Å². The van der Waals surface area contributed by atoms with E-state index in [0.717, 1.165) is 30.4 Å². The van der Waals surface area contributed by atoms with Gasteiger partial charge in [-0.1, -0.05) is 0 Å². The lowest BCUT2D eigenvalue weighted by Gasteiger charge is -2.21. The Labute approximate surface area is 104 Å². The van der Waals surface area contributed by atoms with Gasteiger partial charge in [0.2, 0.25) is 0 Å². The van der Waals surface area contributed by atoms with Crippen LogP contribution in [0.4, 0.5) is 0 Å². The molecule has 1 aliphatic rings. The van der Waals surface area contributed by atoms with Crippen molar-refractivity contribution in [3.8, 4) is 17.6 Å². The van der Waals surface area contributed by atoms with Crippen LogP contribution in [0.5, 0.6) is 0 Å². The van der Waals surface area contributed by atoms with Gasteiger partial charge in [0.25, 0.3) is 0 Å². The molecule has 90 valence electrons. The molecule has 0 bridgehead atoms. The third kappa shape index (κ3) is 1.65. The molecule has 1 unspecified atom stereocenters. The van der Waals surface area contributed by atoms with E-state index < -0.39 is 0 Å². The molecule has 0 saturated heterocycles. The van der Waals surface area contributed by atoms with Gasteiger partial charge < -0.3 is 9.88 Å². The molecule has 1 aliphatic heterocycles. The molecule has 3 heterocycles. The second-order valence-electron chi connectivity index (χ2n) is 4.25. The minimum Gasteiger partial charge on any atom is -0.307 e. The molecule has 0 fully saturated rings. The average Bonchev–Trinajstić information content (AvgIpc) is 2.84. The third-order valence-corrected chi connectivity index (χ3v) is 3.07. The summed E-state index contributed by atoms with van der Waals surface area (Å²) in [4.78, 5) is 4.26. The normalized spacial score (nSPS) is 18.1. The topological polar surface area (TPSA) is 79.4 Å². The summed E-state index contributed by atoms with van der Waals surface area (Å²) in [6, 6.07) is 5.81. The van der Waals surface area contributed by atoms with E-state index in [9.17, 15) is 0 Å². The van der Waals surface area contributed by atoms with E-state index in [1.807, 2.05) is 6.07 Å². The average molecular weight is 240 g/mol. The first-order chi connectivity index (χ1) is 8.79. The summed E-state index contributed by atoms with van der Waals surface area (Å²) in [5.74, 6) is 1.70. The van der Waals surface area contributed by atoms with Crippen molar-refractivity contribution in [3.63, 3.8) is 0 Å². The standard InChI is InChI=1S/C12H12N6/c1-8-11-16-17-12(18(11)5-4-14-8)10-3-2-9(6-13)7-15-10/h2-3,7-8,14H,4-5H2,1H3. The van der Waals surface area contributed by atoms with Gasteiger partial charge in [-0.05, 0) is 19.1 Å². The van der Waals surface area contributed by atoms with Gasteiger partial charge in [-0.3, -0.25) is 4.98 Å². The van der Waals surface area contributed by atoms with Crippen molar-refractivity contribution in [2.75, 3.05) is 6.54 Å². The Morgan fingerprint density at radius 1 is 1.44 bits per heavy atom. The molecule has 1 N–H and O–H groups in total. The lowest BCUT2D eigenvalue weighted by Crippen LogP contribution is -2.32. The minimum absolute atomic E-state index is 0.207. The minimum atomic E-state index is 0.207. The van der Waals surface area contributed by atoms with Crippen molar-refractivity contribution in [2.45, 2.75) is 19.5 Å². The summed E-state index contributed by atoms with van der Waals surface area (Å²) in [6.07, 6.45) is 1.56. The first-order valence-corrected chi connectivity index (χ1v) is 5.82. The van der Waals surface area contributed by atoms with E-state index in [-0.39, 0.29) is 6.04 Å². The van der Waals surface area contributed by atoms with E-state index in [1.54, 1.807) is 12.3 Å². The van der Waals surface area contributed by atoms with E-state index >= 15 is 0 Å².